The van der Waals surface area contributed by atoms with Crippen molar-refractivity contribution >= 4 is 23.4 Å². The molecule has 0 fully saturated rings. The lowest BCUT2D eigenvalue weighted by Gasteiger charge is -2.29. The number of rotatable bonds is 10. The molecule has 0 aliphatic heterocycles. The van der Waals surface area contributed by atoms with Crippen LogP contribution in [0.5, 0.6) is 11.5 Å². The van der Waals surface area contributed by atoms with Gasteiger partial charge in [0.25, 0.3) is 5.91 Å². The minimum absolute atomic E-state index is 0.0307. The molecule has 0 unspecified atom stereocenters. The van der Waals surface area contributed by atoms with Crippen LogP contribution in [0.4, 0.5) is 0 Å². The van der Waals surface area contributed by atoms with E-state index >= 15 is 0 Å². The summed E-state index contributed by atoms with van der Waals surface area (Å²) in [7, 11) is 1.60. The van der Waals surface area contributed by atoms with Crippen molar-refractivity contribution in [1.82, 2.24) is 10.2 Å². The number of amides is 2. The number of hydrogen-bond acceptors (Lipinski definition) is 4. The number of halogens is 1. The predicted molar refractivity (Wildman–Crippen MR) is 118 cm³/mol. The van der Waals surface area contributed by atoms with Crippen LogP contribution in [0.15, 0.2) is 48.5 Å². The molecule has 2 rings (SSSR count). The molecule has 7 heteroatoms. The molecule has 2 amide bonds. The van der Waals surface area contributed by atoms with Crippen molar-refractivity contribution in [3.8, 4) is 11.5 Å². The monoisotopic (exact) mass is 432 g/mol. The first kappa shape index (κ1) is 23.5. The van der Waals surface area contributed by atoms with Gasteiger partial charge >= 0.3 is 0 Å². The van der Waals surface area contributed by atoms with Crippen LogP contribution in [-0.2, 0) is 16.1 Å². The van der Waals surface area contributed by atoms with Gasteiger partial charge in [0.05, 0.1) is 7.11 Å². The second kappa shape index (κ2) is 11.5. The lowest BCUT2D eigenvalue weighted by molar-refractivity contribution is -0.142. The molecule has 162 valence electrons. The van der Waals surface area contributed by atoms with E-state index in [9.17, 15) is 9.59 Å². The van der Waals surface area contributed by atoms with Gasteiger partial charge in [-0.25, -0.2) is 0 Å². The molecule has 2 aromatic rings. The minimum atomic E-state index is -0.651. The molecule has 0 bridgehead atoms. The van der Waals surface area contributed by atoms with Crippen LogP contribution in [0, 0.1) is 0 Å². The van der Waals surface area contributed by atoms with Crippen molar-refractivity contribution in [2.45, 2.75) is 45.8 Å². The van der Waals surface area contributed by atoms with Crippen LogP contribution >= 0.6 is 11.6 Å². The maximum atomic E-state index is 13.0. The van der Waals surface area contributed by atoms with E-state index in [2.05, 4.69) is 5.32 Å². The summed E-state index contributed by atoms with van der Waals surface area (Å²) in [5.41, 5.74) is 0.888. The number of methoxy groups -OCH3 is 1. The fourth-order valence-electron chi connectivity index (χ4n) is 2.73. The maximum Gasteiger partial charge on any atom is 0.261 e. The zero-order valence-corrected chi connectivity index (χ0v) is 18.6. The van der Waals surface area contributed by atoms with Gasteiger partial charge in [-0.1, -0.05) is 30.7 Å². The van der Waals surface area contributed by atoms with E-state index in [1.165, 1.54) is 4.90 Å². The molecule has 0 radical (unpaired) electrons. The Morgan fingerprint density at radius 3 is 2.20 bits per heavy atom. The molecule has 0 spiro atoms. The molecule has 0 aliphatic carbocycles. The average Bonchev–Trinajstić information content (AvgIpc) is 2.76. The van der Waals surface area contributed by atoms with Crippen LogP contribution in [0.3, 0.4) is 0 Å². The molecule has 2 aromatic carbocycles. The number of benzene rings is 2. The molecule has 6 nitrogen and oxygen atoms in total. The topological polar surface area (TPSA) is 67.9 Å². The van der Waals surface area contributed by atoms with E-state index in [4.69, 9.17) is 21.1 Å². The lowest BCUT2D eigenvalue weighted by atomic mass is 10.1. The number of nitrogens with one attached hydrogen (secondary N) is 1. The second-order valence-electron chi connectivity index (χ2n) is 7.11. The van der Waals surface area contributed by atoms with E-state index in [1.54, 1.807) is 38.3 Å². The third kappa shape index (κ3) is 6.95. The van der Waals surface area contributed by atoms with Crippen molar-refractivity contribution < 1.29 is 19.1 Å². The smallest absolute Gasteiger partial charge is 0.261 e. The number of hydrogen-bond donors (Lipinski definition) is 1. The largest absolute Gasteiger partial charge is 0.497 e. The summed E-state index contributed by atoms with van der Waals surface area (Å²) < 4.78 is 10.8. The molecule has 30 heavy (non-hydrogen) atoms. The third-order valence-corrected chi connectivity index (χ3v) is 5.11. The van der Waals surface area contributed by atoms with Crippen LogP contribution in [0.25, 0.3) is 0 Å². The fourth-order valence-corrected chi connectivity index (χ4v) is 2.86. The Balaban J connectivity index is 2.14. The number of nitrogens with zero attached hydrogens (tertiary/aromatic N) is 1. The van der Waals surface area contributed by atoms with Crippen molar-refractivity contribution in [1.29, 1.82) is 0 Å². The van der Waals surface area contributed by atoms with E-state index < -0.39 is 6.04 Å². The van der Waals surface area contributed by atoms with Crippen LogP contribution in [0.1, 0.15) is 32.8 Å². The van der Waals surface area contributed by atoms with Crippen LogP contribution < -0.4 is 14.8 Å². The van der Waals surface area contributed by atoms with Crippen LogP contribution in [0.2, 0.25) is 5.02 Å². The molecule has 2 atom stereocenters. The molecule has 0 saturated carbocycles. The molecular formula is C23H29ClN2O4. The van der Waals surface area contributed by atoms with Gasteiger partial charge in [0.15, 0.2) is 6.61 Å². The first-order valence-corrected chi connectivity index (χ1v) is 10.3. The normalized spacial score (nSPS) is 12.6. The summed E-state index contributed by atoms with van der Waals surface area (Å²) in [6, 6.07) is 13.6. The Morgan fingerprint density at radius 2 is 1.63 bits per heavy atom. The van der Waals surface area contributed by atoms with Gasteiger partial charge in [0, 0.05) is 17.6 Å². The van der Waals surface area contributed by atoms with Crippen molar-refractivity contribution in [2.75, 3.05) is 13.7 Å². The number of ether oxygens (including phenoxy) is 2. The van der Waals surface area contributed by atoms with E-state index in [0.29, 0.717) is 10.8 Å². The highest BCUT2D eigenvalue weighted by atomic mass is 35.5. The fraction of sp³-hybridized carbons (Fsp3) is 0.391. The van der Waals surface area contributed by atoms with Gasteiger partial charge in [-0.05, 0) is 62.2 Å². The van der Waals surface area contributed by atoms with Gasteiger partial charge in [-0.15, -0.1) is 0 Å². The standard InChI is InChI=1S/C23H29ClN2O4/c1-5-16(2)25-23(28)17(3)26(14-18-6-10-20(29-4)11-7-18)22(27)15-30-21-12-8-19(24)9-13-21/h6-13,16-17H,5,14-15H2,1-4H3,(H,25,28)/t16-,17+/m0/s1. The van der Waals surface area contributed by atoms with Gasteiger partial charge in [-0.2, -0.15) is 0 Å². The zero-order valence-electron chi connectivity index (χ0n) is 17.9. The van der Waals surface area contributed by atoms with Crippen molar-refractivity contribution in [3.63, 3.8) is 0 Å². The summed E-state index contributed by atoms with van der Waals surface area (Å²) in [6.45, 7) is 5.75. The third-order valence-electron chi connectivity index (χ3n) is 4.86. The first-order chi connectivity index (χ1) is 14.3. The highest BCUT2D eigenvalue weighted by molar-refractivity contribution is 6.30. The van der Waals surface area contributed by atoms with E-state index in [0.717, 1.165) is 17.7 Å². The van der Waals surface area contributed by atoms with Gasteiger partial charge in [0.2, 0.25) is 5.91 Å². The van der Waals surface area contributed by atoms with Gasteiger partial charge < -0.3 is 19.7 Å². The Hall–Kier alpha value is -2.73. The highest BCUT2D eigenvalue weighted by Crippen LogP contribution is 2.17. The van der Waals surface area contributed by atoms with E-state index in [-0.39, 0.29) is 31.0 Å². The number of carbonyl (C=O) groups excluding carboxylic acids is 2. The Kier molecular flexibility index (Phi) is 8.99. The summed E-state index contributed by atoms with van der Waals surface area (Å²) >= 11 is 5.88. The molecular weight excluding hydrogens is 404 g/mol. The molecule has 0 aliphatic rings. The SMILES string of the molecule is CC[C@H](C)NC(=O)[C@@H](C)N(Cc1ccc(OC)cc1)C(=O)COc1ccc(Cl)cc1. The van der Waals surface area contributed by atoms with Gasteiger partial charge in [-0.3, -0.25) is 9.59 Å². The zero-order chi connectivity index (χ0) is 22.1. The highest BCUT2D eigenvalue weighted by Gasteiger charge is 2.27. The lowest BCUT2D eigenvalue weighted by Crippen LogP contribution is -2.50. The molecule has 0 saturated heterocycles. The van der Waals surface area contributed by atoms with Crippen molar-refractivity contribution in [2.24, 2.45) is 0 Å². The second-order valence-corrected chi connectivity index (χ2v) is 7.54. The van der Waals surface area contributed by atoms with Crippen LogP contribution in [-0.4, -0.2) is 42.5 Å². The Bertz CT molecular complexity index is 824. The van der Waals surface area contributed by atoms with Crippen molar-refractivity contribution in [3.05, 3.63) is 59.1 Å². The molecule has 1 N–H and O–H groups in total. The summed E-state index contributed by atoms with van der Waals surface area (Å²) in [5, 5.41) is 3.53. The Morgan fingerprint density at radius 1 is 1.03 bits per heavy atom. The van der Waals surface area contributed by atoms with Gasteiger partial charge in [0.1, 0.15) is 17.5 Å². The maximum absolute atomic E-state index is 13.0. The molecule has 0 aromatic heterocycles. The predicted octanol–water partition coefficient (Wildman–Crippen LogP) is 4.06. The quantitative estimate of drug-likeness (QED) is 0.614. The summed E-state index contributed by atoms with van der Waals surface area (Å²) in [4.78, 5) is 27.2. The summed E-state index contributed by atoms with van der Waals surface area (Å²) in [5.74, 6) is 0.782. The summed E-state index contributed by atoms with van der Waals surface area (Å²) in [6.07, 6.45) is 0.810. The Labute approximate surface area is 183 Å². The molecule has 0 heterocycles. The number of carbonyl (C=O) groups is 2. The first-order valence-electron chi connectivity index (χ1n) is 9.95. The average molecular weight is 433 g/mol. The minimum Gasteiger partial charge on any atom is -0.497 e. The van der Waals surface area contributed by atoms with E-state index in [1.807, 2.05) is 38.1 Å².